The van der Waals surface area contributed by atoms with Crippen molar-refractivity contribution in [1.29, 1.82) is 0 Å². The maximum Gasteiger partial charge on any atom is 0.241 e. The Morgan fingerprint density at radius 2 is 2.15 bits per heavy atom. The summed E-state index contributed by atoms with van der Waals surface area (Å²) >= 11 is 3.24. The van der Waals surface area contributed by atoms with Gasteiger partial charge in [0.05, 0.1) is 4.90 Å². The van der Waals surface area contributed by atoms with E-state index in [-0.39, 0.29) is 6.04 Å². The number of benzene rings is 1. The number of hydrogen-bond donors (Lipinski definition) is 1. The molecule has 0 amide bonds. The third kappa shape index (κ3) is 1.41. The number of nitrogens with one attached hydrogen (secondary N) is 1. The van der Waals surface area contributed by atoms with Crippen LogP contribution in [0.1, 0.15) is 18.5 Å². The fraction of sp³-hybridized carbons (Fsp3) is 0.250. The van der Waals surface area contributed by atoms with E-state index in [1.54, 1.807) is 6.07 Å². The third-order valence-electron chi connectivity index (χ3n) is 2.06. The van der Waals surface area contributed by atoms with Gasteiger partial charge in [-0.15, -0.1) is 0 Å². The number of rotatable bonds is 0. The number of sulfonamides is 1. The van der Waals surface area contributed by atoms with Crippen molar-refractivity contribution in [3.8, 4) is 0 Å². The lowest BCUT2D eigenvalue weighted by Gasteiger charge is -2.00. The largest absolute Gasteiger partial charge is 0.241 e. The first-order valence-corrected chi connectivity index (χ1v) is 6.10. The molecule has 1 aliphatic heterocycles. The SMILES string of the molecule is C[C@@H]1NS(=O)(=O)c2cc(Br)ccc21. The van der Waals surface area contributed by atoms with Crippen molar-refractivity contribution in [2.24, 2.45) is 0 Å². The van der Waals surface area contributed by atoms with E-state index in [0.29, 0.717) is 4.90 Å². The minimum Gasteiger partial charge on any atom is -0.207 e. The predicted molar refractivity (Wildman–Crippen MR) is 52.9 cm³/mol. The molecule has 13 heavy (non-hydrogen) atoms. The molecule has 0 aliphatic carbocycles. The zero-order valence-corrected chi connectivity index (χ0v) is 9.31. The van der Waals surface area contributed by atoms with Gasteiger partial charge in [-0.05, 0) is 24.6 Å². The molecule has 1 heterocycles. The highest BCUT2D eigenvalue weighted by atomic mass is 79.9. The van der Waals surface area contributed by atoms with Crippen molar-refractivity contribution in [3.05, 3.63) is 28.2 Å². The summed E-state index contributed by atoms with van der Waals surface area (Å²) < 4.78 is 26.3. The minimum absolute atomic E-state index is 0.118. The second kappa shape index (κ2) is 2.80. The molecule has 1 aromatic rings. The average molecular weight is 262 g/mol. The van der Waals surface area contributed by atoms with E-state index in [4.69, 9.17) is 0 Å². The van der Waals surface area contributed by atoms with Crippen LogP contribution in [-0.4, -0.2) is 8.42 Å². The maximum atomic E-state index is 11.5. The Hall–Kier alpha value is -0.390. The molecule has 0 bridgehead atoms. The molecule has 1 aromatic carbocycles. The zero-order valence-electron chi connectivity index (χ0n) is 6.91. The first-order valence-electron chi connectivity index (χ1n) is 3.82. The van der Waals surface area contributed by atoms with Gasteiger partial charge in [0.15, 0.2) is 0 Å². The van der Waals surface area contributed by atoms with Crippen LogP contribution in [0, 0.1) is 0 Å². The monoisotopic (exact) mass is 261 g/mol. The van der Waals surface area contributed by atoms with Crippen molar-refractivity contribution in [2.75, 3.05) is 0 Å². The lowest BCUT2D eigenvalue weighted by molar-refractivity contribution is 0.582. The first-order chi connectivity index (χ1) is 6.00. The lowest BCUT2D eigenvalue weighted by Crippen LogP contribution is -2.17. The van der Waals surface area contributed by atoms with Crippen LogP contribution < -0.4 is 4.72 Å². The van der Waals surface area contributed by atoms with Crippen LogP contribution in [-0.2, 0) is 10.0 Å². The highest BCUT2D eigenvalue weighted by Crippen LogP contribution is 2.32. The summed E-state index contributed by atoms with van der Waals surface area (Å²) in [5, 5.41) is 0. The van der Waals surface area contributed by atoms with Gasteiger partial charge in [0.2, 0.25) is 10.0 Å². The summed E-state index contributed by atoms with van der Waals surface area (Å²) in [5.74, 6) is 0. The Kier molecular flexibility index (Phi) is 1.98. The maximum absolute atomic E-state index is 11.5. The van der Waals surface area contributed by atoms with E-state index in [2.05, 4.69) is 20.7 Å². The smallest absolute Gasteiger partial charge is 0.207 e. The Labute approximate surface area is 85.3 Å². The van der Waals surface area contributed by atoms with E-state index in [1.165, 1.54) is 0 Å². The minimum atomic E-state index is -3.26. The average Bonchev–Trinajstić information content (AvgIpc) is 2.23. The van der Waals surface area contributed by atoms with E-state index in [0.717, 1.165) is 10.0 Å². The van der Waals surface area contributed by atoms with Crippen molar-refractivity contribution >= 4 is 26.0 Å². The van der Waals surface area contributed by atoms with Gasteiger partial charge in [-0.1, -0.05) is 22.0 Å². The molecule has 0 aromatic heterocycles. The highest BCUT2D eigenvalue weighted by Gasteiger charge is 2.30. The van der Waals surface area contributed by atoms with E-state index in [1.807, 2.05) is 19.1 Å². The summed E-state index contributed by atoms with van der Waals surface area (Å²) in [7, 11) is -3.26. The molecule has 0 fully saturated rings. The van der Waals surface area contributed by atoms with Crippen molar-refractivity contribution in [3.63, 3.8) is 0 Å². The Morgan fingerprint density at radius 3 is 2.85 bits per heavy atom. The van der Waals surface area contributed by atoms with Crippen molar-refractivity contribution in [1.82, 2.24) is 4.72 Å². The molecule has 3 nitrogen and oxygen atoms in total. The number of fused-ring (bicyclic) bond motifs is 1. The first kappa shape index (κ1) is 9.18. The van der Waals surface area contributed by atoms with Gasteiger partial charge < -0.3 is 0 Å². The zero-order chi connectivity index (χ0) is 9.64. The molecule has 0 unspecified atom stereocenters. The summed E-state index contributed by atoms with van der Waals surface area (Å²) in [6.45, 7) is 1.83. The quantitative estimate of drug-likeness (QED) is 0.775. The topological polar surface area (TPSA) is 46.2 Å². The Balaban J connectivity index is 2.74. The van der Waals surface area contributed by atoms with Gasteiger partial charge in [-0.3, -0.25) is 0 Å². The fourth-order valence-corrected chi connectivity index (χ4v) is 3.53. The molecule has 1 atom stereocenters. The Bertz CT molecular complexity index is 455. The van der Waals surface area contributed by atoms with Crippen molar-refractivity contribution in [2.45, 2.75) is 17.9 Å². The normalized spacial score (nSPS) is 24.3. The van der Waals surface area contributed by atoms with E-state index in [9.17, 15) is 8.42 Å². The number of hydrogen-bond acceptors (Lipinski definition) is 2. The molecule has 5 heteroatoms. The molecule has 0 saturated heterocycles. The summed E-state index contributed by atoms with van der Waals surface area (Å²) in [6, 6.07) is 5.17. The molecule has 0 radical (unpaired) electrons. The highest BCUT2D eigenvalue weighted by molar-refractivity contribution is 9.10. The second-order valence-corrected chi connectivity index (χ2v) is 5.62. The molecule has 0 saturated carbocycles. The molecule has 70 valence electrons. The summed E-state index contributed by atoms with van der Waals surface area (Å²) in [6.07, 6.45) is 0. The van der Waals surface area contributed by atoms with Crippen LogP contribution in [0.4, 0.5) is 0 Å². The van der Waals surface area contributed by atoms with Gasteiger partial charge in [0, 0.05) is 10.5 Å². The van der Waals surface area contributed by atoms with Gasteiger partial charge in [0.1, 0.15) is 0 Å². The summed E-state index contributed by atoms with van der Waals surface area (Å²) in [4.78, 5) is 0.384. The van der Waals surface area contributed by atoms with E-state index < -0.39 is 10.0 Å². The predicted octanol–water partition coefficient (Wildman–Crippen LogP) is 1.80. The molecular formula is C8H8BrNO2S. The second-order valence-electron chi connectivity index (χ2n) is 3.03. The van der Waals surface area contributed by atoms with Crippen molar-refractivity contribution < 1.29 is 8.42 Å². The van der Waals surface area contributed by atoms with Gasteiger partial charge in [-0.2, -0.15) is 0 Å². The molecule has 1 aliphatic rings. The van der Waals surface area contributed by atoms with Crippen LogP contribution in [0.25, 0.3) is 0 Å². The van der Waals surface area contributed by atoms with Gasteiger partial charge in [-0.25, -0.2) is 13.1 Å². The standard InChI is InChI=1S/C8H8BrNO2S/c1-5-7-3-2-6(9)4-8(7)13(11,12)10-5/h2-5,10H,1H3/t5-/m0/s1. The molecular weight excluding hydrogens is 254 g/mol. The lowest BCUT2D eigenvalue weighted by atomic mass is 10.1. The fourth-order valence-electron chi connectivity index (χ4n) is 1.46. The summed E-state index contributed by atoms with van der Waals surface area (Å²) in [5.41, 5.74) is 0.836. The van der Waals surface area contributed by atoms with E-state index >= 15 is 0 Å². The van der Waals surface area contributed by atoms with Crippen LogP contribution in [0.3, 0.4) is 0 Å². The van der Waals surface area contributed by atoms with Crippen LogP contribution in [0.2, 0.25) is 0 Å². The van der Waals surface area contributed by atoms with Crippen LogP contribution in [0.15, 0.2) is 27.6 Å². The third-order valence-corrected chi connectivity index (χ3v) is 4.15. The van der Waals surface area contributed by atoms with Gasteiger partial charge in [0.25, 0.3) is 0 Å². The van der Waals surface area contributed by atoms with Crippen LogP contribution in [0.5, 0.6) is 0 Å². The molecule has 2 rings (SSSR count). The Morgan fingerprint density at radius 1 is 1.46 bits per heavy atom. The number of halogens is 1. The van der Waals surface area contributed by atoms with Gasteiger partial charge >= 0.3 is 0 Å². The molecule has 0 spiro atoms. The molecule has 1 N–H and O–H groups in total. The van der Waals surface area contributed by atoms with Crippen LogP contribution >= 0.6 is 15.9 Å².